The quantitative estimate of drug-likeness (QED) is 0.376. The van der Waals surface area contributed by atoms with Crippen LogP contribution in [0.1, 0.15) is 19.3 Å². The summed E-state index contributed by atoms with van der Waals surface area (Å²) in [5.74, 6) is -0.253. The van der Waals surface area contributed by atoms with Crippen LogP contribution < -0.4 is 0 Å². The van der Waals surface area contributed by atoms with Gasteiger partial charge in [-0.25, -0.2) is 0 Å². The highest BCUT2D eigenvalue weighted by Crippen LogP contribution is 1.93. The van der Waals surface area contributed by atoms with Gasteiger partial charge in [0.1, 0.15) is 6.29 Å². The van der Waals surface area contributed by atoms with Crippen LogP contribution in [0.5, 0.6) is 0 Å². The second-order valence-corrected chi connectivity index (χ2v) is 1.74. The molecule has 5 heteroatoms. The SMILES string of the molecule is COC(=O)CCCC=O.O=CO. The third kappa shape index (κ3) is 15.8. The van der Waals surface area contributed by atoms with Crippen LogP contribution in [0.4, 0.5) is 0 Å². The Bertz CT molecular complexity index is 132. The molecule has 0 amide bonds. The highest BCUT2D eigenvalue weighted by atomic mass is 16.5. The topological polar surface area (TPSA) is 80.7 Å². The molecular formula is C7H12O5. The molecule has 0 radical (unpaired) electrons. The van der Waals surface area contributed by atoms with Crippen molar-refractivity contribution in [3.63, 3.8) is 0 Å². The average molecular weight is 176 g/mol. The van der Waals surface area contributed by atoms with Crippen LogP contribution in [0.3, 0.4) is 0 Å². The summed E-state index contributed by atoms with van der Waals surface area (Å²) < 4.78 is 4.34. The van der Waals surface area contributed by atoms with Crippen LogP contribution in [0.15, 0.2) is 0 Å². The number of unbranched alkanes of at least 4 members (excludes halogenated alkanes) is 1. The van der Waals surface area contributed by atoms with Gasteiger partial charge in [-0.15, -0.1) is 0 Å². The number of rotatable bonds is 4. The second kappa shape index (κ2) is 12.3. The van der Waals surface area contributed by atoms with E-state index in [1.807, 2.05) is 0 Å². The first-order valence-corrected chi connectivity index (χ1v) is 3.31. The molecule has 0 unspecified atom stereocenters. The number of hydrogen-bond acceptors (Lipinski definition) is 4. The maximum atomic E-state index is 10.3. The summed E-state index contributed by atoms with van der Waals surface area (Å²) in [7, 11) is 1.34. The lowest BCUT2D eigenvalue weighted by atomic mass is 10.2. The Morgan fingerprint density at radius 3 is 2.33 bits per heavy atom. The van der Waals surface area contributed by atoms with E-state index >= 15 is 0 Å². The van der Waals surface area contributed by atoms with E-state index in [0.717, 1.165) is 6.29 Å². The van der Waals surface area contributed by atoms with Gasteiger partial charge in [0.2, 0.25) is 0 Å². The summed E-state index contributed by atoms with van der Waals surface area (Å²) in [5.41, 5.74) is 0. The third-order valence-corrected chi connectivity index (χ3v) is 0.931. The van der Waals surface area contributed by atoms with Gasteiger partial charge >= 0.3 is 5.97 Å². The fourth-order valence-corrected chi connectivity index (χ4v) is 0.432. The summed E-state index contributed by atoms with van der Waals surface area (Å²) in [4.78, 5) is 28.4. The van der Waals surface area contributed by atoms with Gasteiger partial charge in [0.15, 0.2) is 0 Å². The first-order valence-electron chi connectivity index (χ1n) is 3.31. The lowest BCUT2D eigenvalue weighted by Crippen LogP contribution is -1.99. The van der Waals surface area contributed by atoms with Crippen LogP contribution in [-0.2, 0) is 19.1 Å². The van der Waals surface area contributed by atoms with Crippen molar-refractivity contribution in [1.82, 2.24) is 0 Å². The predicted octanol–water partition coefficient (Wildman–Crippen LogP) is 0.229. The molecule has 5 nitrogen and oxygen atoms in total. The molecule has 0 fully saturated rings. The van der Waals surface area contributed by atoms with Crippen molar-refractivity contribution >= 4 is 18.7 Å². The van der Waals surface area contributed by atoms with Crippen molar-refractivity contribution in [2.24, 2.45) is 0 Å². The van der Waals surface area contributed by atoms with E-state index < -0.39 is 0 Å². The van der Waals surface area contributed by atoms with Gasteiger partial charge in [-0.1, -0.05) is 0 Å². The summed E-state index contributed by atoms with van der Waals surface area (Å²) >= 11 is 0. The zero-order valence-corrected chi connectivity index (χ0v) is 6.86. The van der Waals surface area contributed by atoms with Crippen molar-refractivity contribution < 1.29 is 24.2 Å². The van der Waals surface area contributed by atoms with Gasteiger partial charge in [-0.05, 0) is 6.42 Å². The van der Waals surface area contributed by atoms with Gasteiger partial charge in [-0.2, -0.15) is 0 Å². The molecule has 0 aromatic heterocycles. The Morgan fingerprint density at radius 1 is 1.50 bits per heavy atom. The number of carbonyl (C=O) groups is 3. The zero-order valence-electron chi connectivity index (χ0n) is 6.86. The lowest BCUT2D eigenvalue weighted by Gasteiger charge is -1.93. The number of carboxylic acid groups (broad SMARTS) is 1. The lowest BCUT2D eigenvalue weighted by molar-refractivity contribution is -0.140. The van der Waals surface area contributed by atoms with Crippen molar-refractivity contribution in [3.8, 4) is 0 Å². The van der Waals surface area contributed by atoms with Crippen LogP contribution >= 0.6 is 0 Å². The molecule has 0 atom stereocenters. The van der Waals surface area contributed by atoms with Crippen LogP contribution in [0, 0.1) is 0 Å². The standard InChI is InChI=1S/C6H10O3.CH2O2/c1-9-6(8)4-2-3-5-7;2-1-3/h5H,2-4H2,1H3;1H,(H,2,3). The first-order chi connectivity index (χ1) is 5.72. The number of methoxy groups -OCH3 is 1. The average Bonchev–Trinajstić information content (AvgIpc) is 2.06. The molecule has 12 heavy (non-hydrogen) atoms. The fourth-order valence-electron chi connectivity index (χ4n) is 0.432. The Hall–Kier alpha value is -1.39. The normalized spacial score (nSPS) is 7.42. The maximum Gasteiger partial charge on any atom is 0.305 e. The molecule has 0 aliphatic rings. The van der Waals surface area contributed by atoms with Gasteiger partial charge in [-0.3, -0.25) is 9.59 Å². The number of carbonyl (C=O) groups excluding carboxylic acids is 2. The summed E-state index contributed by atoms with van der Waals surface area (Å²) in [6.07, 6.45) is 2.17. The Morgan fingerprint density at radius 2 is 2.00 bits per heavy atom. The van der Waals surface area contributed by atoms with Crippen LogP contribution in [-0.4, -0.2) is 30.9 Å². The van der Waals surface area contributed by atoms with Gasteiger partial charge in [0, 0.05) is 12.8 Å². The summed E-state index contributed by atoms with van der Waals surface area (Å²) in [6, 6.07) is 0. The molecule has 0 aliphatic heterocycles. The molecule has 0 saturated heterocycles. The fraction of sp³-hybridized carbons (Fsp3) is 0.571. The minimum absolute atomic E-state index is 0.250. The first kappa shape index (κ1) is 13.2. The number of esters is 1. The van der Waals surface area contributed by atoms with Crippen LogP contribution in [0.25, 0.3) is 0 Å². The molecule has 0 aliphatic carbocycles. The zero-order chi connectivity index (χ0) is 9.82. The van der Waals surface area contributed by atoms with E-state index in [1.165, 1.54) is 7.11 Å². The van der Waals surface area contributed by atoms with E-state index in [4.69, 9.17) is 9.90 Å². The van der Waals surface area contributed by atoms with Crippen molar-refractivity contribution in [2.75, 3.05) is 7.11 Å². The Balaban J connectivity index is 0. The Labute approximate surface area is 70.3 Å². The summed E-state index contributed by atoms with van der Waals surface area (Å²) in [6.45, 7) is -0.250. The molecule has 0 aromatic rings. The predicted molar refractivity (Wildman–Crippen MR) is 40.6 cm³/mol. The summed E-state index contributed by atoms with van der Waals surface area (Å²) in [5, 5.41) is 6.89. The maximum absolute atomic E-state index is 10.3. The smallest absolute Gasteiger partial charge is 0.305 e. The highest BCUT2D eigenvalue weighted by molar-refractivity contribution is 5.69. The monoisotopic (exact) mass is 176 g/mol. The molecular weight excluding hydrogens is 164 g/mol. The van der Waals surface area contributed by atoms with E-state index in [0.29, 0.717) is 19.3 Å². The number of hydrogen-bond donors (Lipinski definition) is 1. The van der Waals surface area contributed by atoms with Crippen LogP contribution in [0.2, 0.25) is 0 Å². The highest BCUT2D eigenvalue weighted by Gasteiger charge is 1.96. The molecule has 0 heterocycles. The minimum Gasteiger partial charge on any atom is -0.483 e. The van der Waals surface area contributed by atoms with Crippen molar-refractivity contribution in [2.45, 2.75) is 19.3 Å². The number of aldehydes is 1. The minimum atomic E-state index is -0.253. The van der Waals surface area contributed by atoms with E-state index in [-0.39, 0.29) is 12.4 Å². The molecule has 0 aromatic carbocycles. The van der Waals surface area contributed by atoms with Gasteiger partial charge < -0.3 is 14.6 Å². The molecule has 0 spiro atoms. The largest absolute Gasteiger partial charge is 0.483 e. The van der Waals surface area contributed by atoms with Crippen molar-refractivity contribution in [1.29, 1.82) is 0 Å². The molecule has 1 N–H and O–H groups in total. The molecule has 0 saturated carbocycles. The molecule has 70 valence electrons. The second-order valence-electron chi connectivity index (χ2n) is 1.74. The Kier molecular flexibility index (Phi) is 13.5. The van der Waals surface area contributed by atoms with Gasteiger partial charge in [0.05, 0.1) is 7.11 Å². The third-order valence-electron chi connectivity index (χ3n) is 0.931. The van der Waals surface area contributed by atoms with E-state index in [1.54, 1.807) is 0 Å². The van der Waals surface area contributed by atoms with Crippen molar-refractivity contribution in [3.05, 3.63) is 0 Å². The number of ether oxygens (including phenoxy) is 1. The van der Waals surface area contributed by atoms with E-state index in [2.05, 4.69) is 4.74 Å². The molecule has 0 rings (SSSR count). The van der Waals surface area contributed by atoms with E-state index in [9.17, 15) is 9.59 Å². The molecule has 0 bridgehead atoms. The van der Waals surface area contributed by atoms with Gasteiger partial charge in [0.25, 0.3) is 6.47 Å².